The molecule has 5 rings (SSSR count). The van der Waals surface area contributed by atoms with Crippen molar-refractivity contribution >= 4 is 17.3 Å². The quantitative estimate of drug-likeness (QED) is 0.596. The van der Waals surface area contributed by atoms with E-state index in [2.05, 4.69) is 15.0 Å². The van der Waals surface area contributed by atoms with Crippen molar-refractivity contribution in [3.8, 4) is 0 Å². The van der Waals surface area contributed by atoms with Gasteiger partial charge in [-0.2, -0.15) is 0 Å². The van der Waals surface area contributed by atoms with E-state index < -0.39 is 12.2 Å². The number of rotatable bonds is 2. The van der Waals surface area contributed by atoms with Gasteiger partial charge in [-0.15, -0.1) is 0 Å². The van der Waals surface area contributed by atoms with Gasteiger partial charge in [0, 0.05) is 37.1 Å². The standard InChI is InChI=1S/C23H27N5O4/c1-14-6-7-18(19-16(20(14)29)4-2-10-24-19)32-23(31)27-12-8-15(9-13-27)28-17-5-3-11-25-21(17)26-22(28)30/h2-5,10-11,14-15,18,20,29H,6-9,12-13H2,1H3,(H,25,26,30). The van der Waals surface area contributed by atoms with Gasteiger partial charge in [0.15, 0.2) is 5.65 Å². The van der Waals surface area contributed by atoms with Gasteiger partial charge in [0.2, 0.25) is 0 Å². The summed E-state index contributed by atoms with van der Waals surface area (Å²) in [5, 5.41) is 10.6. The lowest BCUT2D eigenvalue weighted by Crippen LogP contribution is -2.41. The Balaban J connectivity index is 1.28. The number of hydrogen-bond donors (Lipinski definition) is 2. The maximum atomic E-state index is 13.0. The minimum Gasteiger partial charge on any atom is -0.440 e. The fourth-order valence-corrected chi connectivity index (χ4v) is 4.90. The smallest absolute Gasteiger partial charge is 0.410 e. The van der Waals surface area contributed by atoms with Gasteiger partial charge in [0.05, 0.1) is 17.3 Å². The molecule has 1 amide bonds. The molecule has 9 nitrogen and oxygen atoms in total. The number of aromatic amines is 1. The molecule has 1 aliphatic heterocycles. The predicted molar refractivity (Wildman–Crippen MR) is 117 cm³/mol. The lowest BCUT2D eigenvalue weighted by Gasteiger charge is -2.32. The minimum absolute atomic E-state index is 0.000713. The Morgan fingerprint density at radius 1 is 1.12 bits per heavy atom. The number of aliphatic hydroxyl groups excluding tert-OH is 1. The molecule has 1 fully saturated rings. The van der Waals surface area contributed by atoms with E-state index in [4.69, 9.17) is 4.74 Å². The molecule has 3 unspecified atom stereocenters. The lowest BCUT2D eigenvalue weighted by atomic mass is 9.97. The molecule has 3 atom stereocenters. The van der Waals surface area contributed by atoms with Crippen LogP contribution in [0.3, 0.4) is 0 Å². The summed E-state index contributed by atoms with van der Waals surface area (Å²) in [6, 6.07) is 7.35. The molecule has 168 valence electrons. The van der Waals surface area contributed by atoms with Crippen LogP contribution < -0.4 is 5.69 Å². The topological polar surface area (TPSA) is 113 Å². The molecule has 3 aromatic rings. The highest BCUT2D eigenvalue weighted by Gasteiger charge is 2.33. The lowest BCUT2D eigenvalue weighted by molar-refractivity contribution is 0.0461. The van der Waals surface area contributed by atoms with Gasteiger partial charge in [0.25, 0.3) is 0 Å². The van der Waals surface area contributed by atoms with E-state index in [0.717, 1.165) is 17.5 Å². The van der Waals surface area contributed by atoms with Gasteiger partial charge in [-0.1, -0.05) is 13.0 Å². The second-order valence-electron chi connectivity index (χ2n) is 8.74. The summed E-state index contributed by atoms with van der Waals surface area (Å²) in [4.78, 5) is 38.5. The number of aliphatic hydroxyl groups is 1. The van der Waals surface area contributed by atoms with Crippen LogP contribution in [-0.2, 0) is 4.74 Å². The van der Waals surface area contributed by atoms with Crippen molar-refractivity contribution in [2.45, 2.75) is 50.9 Å². The van der Waals surface area contributed by atoms with Crippen LogP contribution in [0.15, 0.2) is 41.5 Å². The molecule has 32 heavy (non-hydrogen) atoms. The number of nitrogens with one attached hydrogen (secondary N) is 1. The number of likely N-dealkylation sites (tertiary alicyclic amines) is 1. The monoisotopic (exact) mass is 437 g/mol. The number of carbonyl (C=O) groups excluding carboxylic acids is 1. The average molecular weight is 438 g/mol. The van der Waals surface area contributed by atoms with E-state index in [1.165, 1.54) is 0 Å². The second kappa shape index (κ2) is 8.38. The minimum atomic E-state index is -0.609. The molecule has 2 aliphatic rings. The molecule has 9 heteroatoms. The molecule has 4 heterocycles. The first kappa shape index (κ1) is 20.7. The number of nitrogens with zero attached hydrogens (tertiary/aromatic N) is 4. The summed E-state index contributed by atoms with van der Waals surface area (Å²) in [6.07, 6.45) is 4.56. The third-order valence-electron chi connectivity index (χ3n) is 6.74. The number of imidazole rings is 1. The van der Waals surface area contributed by atoms with Gasteiger partial charge < -0.3 is 14.7 Å². The zero-order chi connectivity index (χ0) is 22.2. The maximum absolute atomic E-state index is 13.0. The highest BCUT2D eigenvalue weighted by molar-refractivity contribution is 5.70. The van der Waals surface area contributed by atoms with Crippen LogP contribution in [0.1, 0.15) is 62.1 Å². The molecule has 0 saturated carbocycles. The third-order valence-corrected chi connectivity index (χ3v) is 6.74. The number of carbonyl (C=O) groups is 1. The van der Waals surface area contributed by atoms with Crippen LogP contribution in [-0.4, -0.2) is 48.7 Å². The van der Waals surface area contributed by atoms with Crippen molar-refractivity contribution in [3.63, 3.8) is 0 Å². The van der Waals surface area contributed by atoms with Crippen molar-refractivity contribution in [1.29, 1.82) is 0 Å². The summed E-state index contributed by atoms with van der Waals surface area (Å²) in [6.45, 7) is 3.01. The van der Waals surface area contributed by atoms with Gasteiger partial charge in [0.1, 0.15) is 6.10 Å². The van der Waals surface area contributed by atoms with Crippen LogP contribution in [0.5, 0.6) is 0 Å². The summed E-state index contributed by atoms with van der Waals surface area (Å²) in [5.41, 5.74) is 2.57. The van der Waals surface area contributed by atoms with E-state index in [0.29, 0.717) is 43.7 Å². The first-order chi connectivity index (χ1) is 15.5. The number of aromatic nitrogens is 4. The van der Waals surface area contributed by atoms with Crippen LogP contribution in [0.2, 0.25) is 0 Å². The van der Waals surface area contributed by atoms with Crippen LogP contribution in [0, 0.1) is 5.92 Å². The number of amides is 1. The zero-order valence-electron chi connectivity index (χ0n) is 18.0. The summed E-state index contributed by atoms with van der Waals surface area (Å²) in [5.74, 6) is 0.0707. The number of piperidine rings is 1. The Morgan fingerprint density at radius 3 is 2.69 bits per heavy atom. The van der Waals surface area contributed by atoms with E-state index in [1.807, 2.05) is 25.1 Å². The third kappa shape index (κ3) is 3.66. The average Bonchev–Trinajstić information content (AvgIpc) is 3.11. The van der Waals surface area contributed by atoms with Crippen LogP contribution >= 0.6 is 0 Å². The number of pyridine rings is 2. The highest BCUT2D eigenvalue weighted by Crippen LogP contribution is 2.38. The maximum Gasteiger partial charge on any atom is 0.410 e. The Bertz CT molecular complexity index is 1180. The Labute approximate surface area is 185 Å². The van der Waals surface area contributed by atoms with E-state index in [9.17, 15) is 14.7 Å². The molecule has 0 radical (unpaired) electrons. The first-order valence-corrected chi connectivity index (χ1v) is 11.2. The molecule has 2 N–H and O–H groups in total. The van der Waals surface area contributed by atoms with Crippen molar-refractivity contribution < 1.29 is 14.6 Å². The fraction of sp³-hybridized carbons (Fsp3) is 0.478. The Hall–Kier alpha value is -3.20. The molecular weight excluding hydrogens is 410 g/mol. The molecule has 3 aromatic heterocycles. The highest BCUT2D eigenvalue weighted by atomic mass is 16.6. The van der Waals surface area contributed by atoms with Crippen LogP contribution in [0.4, 0.5) is 4.79 Å². The normalized spacial score (nSPS) is 24.2. The van der Waals surface area contributed by atoms with Crippen molar-refractivity contribution in [2.24, 2.45) is 5.92 Å². The summed E-state index contributed by atoms with van der Waals surface area (Å²) < 4.78 is 7.63. The molecular formula is C23H27N5O4. The largest absolute Gasteiger partial charge is 0.440 e. The summed E-state index contributed by atoms with van der Waals surface area (Å²) in [7, 11) is 0. The van der Waals surface area contributed by atoms with Crippen molar-refractivity contribution in [1.82, 2.24) is 24.4 Å². The molecule has 1 aliphatic carbocycles. The summed E-state index contributed by atoms with van der Waals surface area (Å²) >= 11 is 0. The predicted octanol–water partition coefficient (Wildman–Crippen LogP) is 3.10. The number of hydrogen-bond acceptors (Lipinski definition) is 6. The van der Waals surface area contributed by atoms with Crippen molar-refractivity contribution in [2.75, 3.05) is 13.1 Å². The van der Waals surface area contributed by atoms with Gasteiger partial charge in [-0.05, 0) is 49.8 Å². The zero-order valence-corrected chi connectivity index (χ0v) is 18.0. The van der Waals surface area contributed by atoms with E-state index in [1.54, 1.807) is 27.9 Å². The van der Waals surface area contributed by atoms with Crippen molar-refractivity contribution in [3.05, 3.63) is 58.4 Å². The SMILES string of the molecule is CC1CCC(OC(=O)N2CCC(n3c(=O)[nH]c4ncccc43)CC2)c2ncccc2C1O. The number of H-pyrrole nitrogens is 1. The second-order valence-corrected chi connectivity index (χ2v) is 8.74. The van der Waals surface area contributed by atoms with E-state index in [-0.39, 0.29) is 23.7 Å². The number of fused-ring (bicyclic) bond motifs is 2. The first-order valence-electron chi connectivity index (χ1n) is 11.2. The molecule has 0 spiro atoms. The van der Waals surface area contributed by atoms with Gasteiger partial charge in [-0.25, -0.2) is 14.6 Å². The Kier molecular flexibility index (Phi) is 5.42. The molecule has 0 aromatic carbocycles. The molecule has 1 saturated heterocycles. The van der Waals surface area contributed by atoms with E-state index >= 15 is 0 Å². The van der Waals surface area contributed by atoms with Gasteiger partial charge >= 0.3 is 11.8 Å². The van der Waals surface area contributed by atoms with Crippen LogP contribution in [0.25, 0.3) is 11.2 Å². The van der Waals surface area contributed by atoms with Gasteiger partial charge in [-0.3, -0.25) is 14.5 Å². The Morgan fingerprint density at radius 2 is 1.88 bits per heavy atom. The number of ether oxygens (including phenoxy) is 1. The molecule has 0 bridgehead atoms. The fourth-order valence-electron chi connectivity index (χ4n) is 4.90.